The lowest BCUT2D eigenvalue weighted by molar-refractivity contribution is -0.137. The summed E-state index contributed by atoms with van der Waals surface area (Å²) in [5.74, 6) is 0.110. The number of hydrogen-bond acceptors (Lipinski definition) is 3. The van der Waals surface area contributed by atoms with E-state index in [1.54, 1.807) is 7.05 Å². The maximum Gasteiger partial charge on any atom is 0.235 e. The highest BCUT2D eigenvalue weighted by Gasteiger charge is 2.56. The van der Waals surface area contributed by atoms with Crippen LogP contribution in [0.3, 0.4) is 0 Å². The van der Waals surface area contributed by atoms with E-state index in [4.69, 9.17) is 5.73 Å². The molecular formula is C12H21N3O2. The Morgan fingerprint density at radius 1 is 1.29 bits per heavy atom. The summed E-state index contributed by atoms with van der Waals surface area (Å²) in [5.41, 5.74) is 4.90. The molecule has 0 spiro atoms. The van der Waals surface area contributed by atoms with Gasteiger partial charge >= 0.3 is 0 Å². The molecule has 2 amide bonds. The Hall–Kier alpha value is -1.10. The maximum absolute atomic E-state index is 12.1. The zero-order valence-electron chi connectivity index (χ0n) is 10.3. The third-order valence-corrected chi connectivity index (χ3v) is 4.12. The first-order valence-corrected chi connectivity index (χ1v) is 6.37. The zero-order chi connectivity index (χ0) is 12.5. The average molecular weight is 239 g/mol. The molecule has 2 unspecified atom stereocenters. The molecule has 17 heavy (non-hydrogen) atoms. The summed E-state index contributed by atoms with van der Waals surface area (Å²) >= 11 is 0. The molecule has 2 rings (SSSR count). The van der Waals surface area contributed by atoms with Gasteiger partial charge in [-0.2, -0.15) is 0 Å². The molecule has 0 radical (unpaired) electrons. The lowest BCUT2D eigenvalue weighted by Gasteiger charge is -2.22. The van der Waals surface area contributed by atoms with Gasteiger partial charge in [0.1, 0.15) is 5.41 Å². The van der Waals surface area contributed by atoms with Gasteiger partial charge < -0.3 is 16.4 Å². The lowest BCUT2D eigenvalue weighted by atomic mass is 10.0. The van der Waals surface area contributed by atoms with Crippen molar-refractivity contribution in [3.8, 4) is 0 Å². The van der Waals surface area contributed by atoms with Gasteiger partial charge in [-0.15, -0.1) is 0 Å². The molecule has 5 heteroatoms. The van der Waals surface area contributed by atoms with E-state index in [1.807, 2.05) is 0 Å². The molecule has 0 aromatic heterocycles. The van der Waals surface area contributed by atoms with E-state index >= 15 is 0 Å². The average Bonchev–Trinajstić information content (AvgIpc) is 3.04. The third kappa shape index (κ3) is 2.16. The van der Waals surface area contributed by atoms with Gasteiger partial charge in [0.15, 0.2) is 0 Å². The molecule has 2 fully saturated rings. The quantitative estimate of drug-likeness (QED) is 0.592. The summed E-state index contributed by atoms with van der Waals surface area (Å²) in [4.78, 5) is 23.8. The first-order valence-electron chi connectivity index (χ1n) is 6.37. The van der Waals surface area contributed by atoms with Crippen LogP contribution in [0, 0.1) is 11.3 Å². The van der Waals surface area contributed by atoms with E-state index in [2.05, 4.69) is 10.6 Å². The number of rotatable bonds is 4. The monoisotopic (exact) mass is 239 g/mol. The van der Waals surface area contributed by atoms with Crippen LogP contribution in [0.15, 0.2) is 0 Å². The second-order valence-corrected chi connectivity index (χ2v) is 5.17. The second kappa shape index (κ2) is 4.64. The molecule has 2 aliphatic carbocycles. The Morgan fingerprint density at radius 3 is 2.53 bits per heavy atom. The van der Waals surface area contributed by atoms with E-state index < -0.39 is 5.41 Å². The molecule has 0 heterocycles. The summed E-state index contributed by atoms with van der Waals surface area (Å²) in [6.07, 6.45) is 4.50. The fourth-order valence-corrected chi connectivity index (χ4v) is 2.74. The Kier molecular flexibility index (Phi) is 3.38. The van der Waals surface area contributed by atoms with Crippen molar-refractivity contribution in [3.05, 3.63) is 0 Å². The van der Waals surface area contributed by atoms with Crippen molar-refractivity contribution in [1.82, 2.24) is 10.6 Å². The van der Waals surface area contributed by atoms with Crippen molar-refractivity contribution in [2.24, 2.45) is 17.1 Å². The van der Waals surface area contributed by atoms with Crippen LogP contribution in [-0.2, 0) is 9.59 Å². The van der Waals surface area contributed by atoms with E-state index in [9.17, 15) is 9.59 Å². The molecular weight excluding hydrogens is 218 g/mol. The maximum atomic E-state index is 12.1. The molecule has 4 N–H and O–H groups in total. The summed E-state index contributed by atoms with van der Waals surface area (Å²) < 4.78 is 0. The van der Waals surface area contributed by atoms with E-state index in [1.165, 1.54) is 0 Å². The number of hydrogen-bond donors (Lipinski definition) is 3. The molecule has 0 bridgehead atoms. The van der Waals surface area contributed by atoms with Crippen molar-refractivity contribution in [3.63, 3.8) is 0 Å². The standard InChI is InChI=1S/C12H21N3O2/c1-14-10(16)12(5-6-12)11(17)15-9-4-2-3-8(9)7-13/h8-9H,2-7,13H2,1H3,(H,14,16)(H,15,17). The zero-order valence-corrected chi connectivity index (χ0v) is 10.3. The second-order valence-electron chi connectivity index (χ2n) is 5.17. The van der Waals surface area contributed by atoms with Gasteiger partial charge in [0.05, 0.1) is 0 Å². The van der Waals surface area contributed by atoms with Crippen LogP contribution in [0.25, 0.3) is 0 Å². The van der Waals surface area contributed by atoms with Crippen LogP contribution in [0.5, 0.6) is 0 Å². The highest BCUT2D eigenvalue weighted by Crippen LogP contribution is 2.46. The van der Waals surface area contributed by atoms with Crippen LogP contribution in [-0.4, -0.2) is 31.4 Å². The predicted molar refractivity (Wildman–Crippen MR) is 64.1 cm³/mol. The Balaban J connectivity index is 1.95. The molecule has 0 saturated heterocycles. The molecule has 0 aliphatic heterocycles. The minimum Gasteiger partial charge on any atom is -0.358 e. The summed E-state index contributed by atoms with van der Waals surface area (Å²) in [6, 6.07) is 0.162. The molecule has 0 aromatic carbocycles. The lowest BCUT2D eigenvalue weighted by Crippen LogP contribution is -2.47. The summed E-state index contributed by atoms with van der Waals surface area (Å²) in [6.45, 7) is 0.609. The minimum atomic E-state index is -0.781. The Labute approximate surface area is 102 Å². The first kappa shape index (κ1) is 12.4. The van der Waals surface area contributed by atoms with Crippen LogP contribution in [0.2, 0.25) is 0 Å². The van der Waals surface area contributed by atoms with Gasteiger partial charge in [-0.3, -0.25) is 9.59 Å². The molecule has 96 valence electrons. The topological polar surface area (TPSA) is 84.2 Å². The van der Waals surface area contributed by atoms with Crippen molar-refractivity contribution >= 4 is 11.8 Å². The minimum absolute atomic E-state index is 0.109. The van der Waals surface area contributed by atoms with Crippen molar-refractivity contribution in [2.45, 2.75) is 38.1 Å². The van der Waals surface area contributed by atoms with E-state index in [0.717, 1.165) is 19.3 Å². The number of carbonyl (C=O) groups excluding carboxylic acids is 2. The van der Waals surface area contributed by atoms with Gasteiger partial charge in [-0.05, 0) is 38.1 Å². The van der Waals surface area contributed by atoms with Gasteiger partial charge in [-0.25, -0.2) is 0 Å². The van der Waals surface area contributed by atoms with Gasteiger partial charge in [0.25, 0.3) is 0 Å². The number of nitrogens with one attached hydrogen (secondary N) is 2. The molecule has 2 atom stereocenters. The van der Waals surface area contributed by atoms with Crippen LogP contribution >= 0.6 is 0 Å². The normalized spacial score (nSPS) is 29.8. The smallest absolute Gasteiger partial charge is 0.235 e. The Morgan fingerprint density at radius 2 is 2.00 bits per heavy atom. The van der Waals surface area contributed by atoms with Gasteiger partial charge in [-0.1, -0.05) is 6.42 Å². The number of carbonyl (C=O) groups is 2. The highest BCUT2D eigenvalue weighted by atomic mass is 16.2. The molecule has 0 aromatic rings. The van der Waals surface area contributed by atoms with Gasteiger partial charge in [0.2, 0.25) is 11.8 Å². The SMILES string of the molecule is CNC(=O)C1(C(=O)NC2CCCC2CN)CC1. The van der Waals surface area contributed by atoms with Crippen molar-refractivity contribution < 1.29 is 9.59 Å². The van der Waals surface area contributed by atoms with Gasteiger partial charge in [0, 0.05) is 13.1 Å². The van der Waals surface area contributed by atoms with E-state index in [0.29, 0.717) is 25.3 Å². The molecule has 5 nitrogen and oxygen atoms in total. The third-order valence-electron chi connectivity index (χ3n) is 4.12. The van der Waals surface area contributed by atoms with Crippen molar-refractivity contribution in [2.75, 3.05) is 13.6 Å². The number of nitrogens with two attached hydrogens (primary N) is 1. The predicted octanol–water partition coefficient (Wildman–Crippen LogP) is -0.244. The van der Waals surface area contributed by atoms with Crippen LogP contribution in [0.4, 0.5) is 0 Å². The van der Waals surface area contributed by atoms with Crippen molar-refractivity contribution in [1.29, 1.82) is 0 Å². The van der Waals surface area contributed by atoms with Crippen LogP contribution < -0.4 is 16.4 Å². The largest absolute Gasteiger partial charge is 0.358 e. The summed E-state index contributed by atoms with van der Waals surface area (Å²) in [7, 11) is 1.58. The highest BCUT2D eigenvalue weighted by molar-refractivity contribution is 6.07. The summed E-state index contributed by atoms with van der Waals surface area (Å²) in [5, 5.41) is 5.59. The van der Waals surface area contributed by atoms with E-state index in [-0.39, 0.29) is 17.9 Å². The van der Waals surface area contributed by atoms with Crippen LogP contribution in [0.1, 0.15) is 32.1 Å². The molecule has 2 saturated carbocycles. The first-order chi connectivity index (χ1) is 8.14. The molecule has 2 aliphatic rings. The fourth-order valence-electron chi connectivity index (χ4n) is 2.74. The number of amides is 2. The fraction of sp³-hybridized carbons (Fsp3) is 0.833. The Bertz CT molecular complexity index is 326.